The summed E-state index contributed by atoms with van der Waals surface area (Å²) in [5, 5.41) is 1.38. The summed E-state index contributed by atoms with van der Waals surface area (Å²) >= 11 is 3.88. The number of hydrogen-bond acceptors (Lipinski definition) is 6. The molecule has 0 spiro atoms. The number of ether oxygens (including phenoxy) is 4. The maximum Gasteiger partial charge on any atom is 0.331 e. The predicted molar refractivity (Wildman–Crippen MR) is 117 cm³/mol. The number of hydrogen-bond donors (Lipinski definition) is 1. The number of carbonyl (C=O) groups excluding carboxylic acids is 1. The van der Waals surface area contributed by atoms with Crippen molar-refractivity contribution in [1.82, 2.24) is 0 Å². The van der Waals surface area contributed by atoms with Crippen molar-refractivity contribution in [2.45, 2.75) is 91.5 Å². The summed E-state index contributed by atoms with van der Waals surface area (Å²) in [6.07, 6.45) is 11.3. The summed E-state index contributed by atoms with van der Waals surface area (Å²) in [7, 11) is 0. The van der Waals surface area contributed by atoms with Crippen LogP contribution in [-0.4, -0.2) is 38.4 Å². The third-order valence-electron chi connectivity index (χ3n) is 4.59. The smallest absolute Gasteiger partial charge is 0.331 e. The Morgan fingerprint density at radius 3 is 1.93 bits per heavy atom. The monoisotopic (exact) mass is 418 g/mol. The minimum Gasteiger partial charge on any atom is -0.463 e. The van der Waals surface area contributed by atoms with E-state index in [9.17, 15) is 4.79 Å². The highest BCUT2D eigenvalue weighted by Gasteiger charge is 2.41. The van der Waals surface area contributed by atoms with Crippen molar-refractivity contribution >= 4 is 18.6 Å². The molecule has 0 saturated carbocycles. The van der Waals surface area contributed by atoms with E-state index < -0.39 is 5.97 Å². The second-order valence-corrected chi connectivity index (χ2v) is 7.08. The van der Waals surface area contributed by atoms with E-state index in [1.807, 2.05) is 20.8 Å². The molecule has 0 N–H and O–H groups in total. The minimum absolute atomic E-state index is 0.0950. The van der Waals surface area contributed by atoms with Gasteiger partial charge in [-0.2, -0.15) is 12.6 Å². The van der Waals surface area contributed by atoms with Crippen molar-refractivity contribution < 1.29 is 23.7 Å². The Morgan fingerprint density at radius 2 is 1.39 bits per heavy atom. The normalized spacial score (nSPS) is 13.2. The third-order valence-corrected chi connectivity index (χ3v) is 4.74. The van der Waals surface area contributed by atoms with Gasteiger partial charge in [-0.3, -0.25) is 0 Å². The van der Waals surface area contributed by atoms with Crippen molar-refractivity contribution in [2.24, 2.45) is 5.92 Å². The molecule has 0 aromatic rings. The van der Waals surface area contributed by atoms with E-state index in [1.165, 1.54) is 43.6 Å². The fourth-order valence-corrected chi connectivity index (χ4v) is 3.48. The lowest BCUT2D eigenvalue weighted by molar-refractivity contribution is -0.403. The van der Waals surface area contributed by atoms with E-state index >= 15 is 0 Å². The first-order valence-corrected chi connectivity index (χ1v) is 11.5. The standard InChI is InChI=1S/C22H42O5S/c1-5-9-10-11-12-13-15-20(16-14-18-24-21(23)17-19-28)22(25-6-2,26-7-3)27-8-4/h17,19-20,28H,5-16,18H2,1-4H3. The molecule has 0 rings (SSSR count). The van der Waals surface area contributed by atoms with Crippen molar-refractivity contribution in [3.63, 3.8) is 0 Å². The Morgan fingerprint density at radius 1 is 0.857 bits per heavy atom. The first-order chi connectivity index (χ1) is 13.6. The predicted octanol–water partition coefficient (Wildman–Crippen LogP) is 5.88. The molecule has 0 radical (unpaired) electrons. The average molecular weight is 419 g/mol. The third kappa shape index (κ3) is 12.1. The Bertz CT molecular complexity index is 383. The SMILES string of the molecule is CCCCCCCCC(CCCOC(=O)C=CS)C(OCC)(OCC)OCC. The molecule has 0 aliphatic rings. The highest BCUT2D eigenvalue weighted by atomic mass is 32.1. The molecule has 0 amide bonds. The summed E-state index contributed by atoms with van der Waals surface area (Å²) < 4.78 is 23.2. The fourth-order valence-electron chi connectivity index (χ4n) is 3.36. The van der Waals surface area contributed by atoms with Gasteiger partial charge in [-0.1, -0.05) is 45.4 Å². The van der Waals surface area contributed by atoms with Crippen LogP contribution in [0.25, 0.3) is 0 Å². The van der Waals surface area contributed by atoms with Crippen molar-refractivity contribution in [2.75, 3.05) is 26.4 Å². The molecule has 0 fully saturated rings. The molecule has 28 heavy (non-hydrogen) atoms. The molecule has 6 heteroatoms. The number of carbonyl (C=O) groups is 1. The van der Waals surface area contributed by atoms with Gasteiger partial charge in [0, 0.05) is 31.8 Å². The van der Waals surface area contributed by atoms with Gasteiger partial charge in [0.25, 0.3) is 5.97 Å². The van der Waals surface area contributed by atoms with Gasteiger partial charge in [-0.05, 0) is 45.4 Å². The molecule has 1 atom stereocenters. The molecule has 166 valence electrons. The van der Waals surface area contributed by atoms with Gasteiger partial charge in [0.05, 0.1) is 6.61 Å². The molecular weight excluding hydrogens is 376 g/mol. The first-order valence-electron chi connectivity index (χ1n) is 11.0. The zero-order valence-electron chi connectivity index (χ0n) is 18.4. The van der Waals surface area contributed by atoms with Crippen LogP contribution in [0, 0.1) is 5.92 Å². The molecular formula is C22H42O5S. The van der Waals surface area contributed by atoms with Crippen molar-refractivity contribution in [3.05, 3.63) is 11.5 Å². The van der Waals surface area contributed by atoms with Crippen LogP contribution in [0.1, 0.15) is 85.5 Å². The molecule has 0 aromatic carbocycles. The van der Waals surface area contributed by atoms with Gasteiger partial charge in [-0.15, -0.1) is 0 Å². The van der Waals surface area contributed by atoms with E-state index in [0.717, 1.165) is 25.7 Å². The Balaban J connectivity index is 4.87. The van der Waals surface area contributed by atoms with Gasteiger partial charge < -0.3 is 18.9 Å². The lowest BCUT2D eigenvalue weighted by Crippen LogP contribution is -2.47. The van der Waals surface area contributed by atoms with E-state index in [0.29, 0.717) is 26.4 Å². The van der Waals surface area contributed by atoms with E-state index in [1.54, 1.807) is 0 Å². The van der Waals surface area contributed by atoms with Crippen LogP contribution >= 0.6 is 12.6 Å². The van der Waals surface area contributed by atoms with Gasteiger partial charge in [0.1, 0.15) is 0 Å². The van der Waals surface area contributed by atoms with E-state index in [-0.39, 0.29) is 11.9 Å². The molecule has 0 aliphatic heterocycles. The van der Waals surface area contributed by atoms with Crippen LogP contribution < -0.4 is 0 Å². The maximum absolute atomic E-state index is 11.5. The highest BCUT2D eigenvalue weighted by molar-refractivity contribution is 7.83. The van der Waals surface area contributed by atoms with Crippen LogP contribution in [0.5, 0.6) is 0 Å². The zero-order chi connectivity index (χ0) is 21.1. The fraction of sp³-hybridized carbons (Fsp3) is 0.864. The van der Waals surface area contributed by atoms with Gasteiger partial charge in [0.15, 0.2) is 0 Å². The van der Waals surface area contributed by atoms with Gasteiger partial charge >= 0.3 is 5.97 Å². The number of unbranched alkanes of at least 4 members (excludes halogenated alkanes) is 5. The Hall–Kier alpha value is -0.560. The van der Waals surface area contributed by atoms with Crippen LogP contribution in [0.3, 0.4) is 0 Å². The minimum atomic E-state index is -1.02. The summed E-state index contributed by atoms with van der Waals surface area (Å²) in [5.41, 5.74) is 0. The largest absolute Gasteiger partial charge is 0.463 e. The topological polar surface area (TPSA) is 54.0 Å². The maximum atomic E-state index is 11.5. The average Bonchev–Trinajstić information content (AvgIpc) is 2.66. The van der Waals surface area contributed by atoms with Crippen LogP contribution in [0.4, 0.5) is 0 Å². The van der Waals surface area contributed by atoms with Crippen molar-refractivity contribution in [3.8, 4) is 0 Å². The second-order valence-electron chi connectivity index (χ2n) is 6.78. The molecule has 5 nitrogen and oxygen atoms in total. The summed E-state index contributed by atoms with van der Waals surface area (Å²) in [4.78, 5) is 11.5. The summed E-state index contributed by atoms with van der Waals surface area (Å²) in [6, 6.07) is 0. The lowest BCUT2D eigenvalue weighted by Gasteiger charge is -2.39. The molecule has 0 aliphatic carbocycles. The number of esters is 1. The summed E-state index contributed by atoms with van der Waals surface area (Å²) in [5.74, 6) is -1.29. The lowest BCUT2D eigenvalue weighted by atomic mass is 9.93. The van der Waals surface area contributed by atoms with Crippen LogP contribution in [0.2, 0.25) is 0 Å². The van der Waals surface area contributed by atoms with E-state index in [2.05, 4.69) is 19.6 Å². The van der Waals surface area contributed by atoms with Crippen LogP contribution in [0.15, 0.2) is 11.5 Å². The molecule has 0 heterocycles. The molecule has 0 bridgehead atoms. The van der Waals surface area contributed by atoms with Gasteiger partial charge in [0.2, 0.25) is 0 Å². The molecule has 0 aromatic heterocycles. The quantitative estimate of drug-likeness (QED) is 0.0933. The van der Waals surface area contributed by atoms with Gasteiger partial charge in [-0.25, -0.2) is 4.79 Å². The van der Waals surface area contributed by atoms with Crippen LogP contribution in [-0.2, 0) is 23.7 Å². The number of rotatable bonds is 19. The van der Waals surface area contributed by atoms with E-state index in [4.69, 9.17) is 18.9 Å². The zero-order valence-corrected chi connectivity index (χ0v) is 19.3. The molecule has 0 saturated heterocycles. The van der Waals surface area contributed by atoms with Crippen molar-refractivity contribution in [1.29, 1.82) is 0 Å². The Kier molecular flexibility index (Phi) is 18.1. The second kappa shape index (κ2) is 18.5. The highest BCUT2D eigenvalue weighted by Crippen LogP contribution is 2.34. The first kappa shape index (κ1) is 27.4. The summed E-state index contributed by atoms with van der Waals surface area (Å²) in [6.45, 7) is 10.0. The number of thiol groups is 1. The Labute approximate surface area is 177 Å². The molecule has 1 unspecified atom stereocenters.